The van der Waals surface area contributed by atoms with Gasteiger partial charge in [0.1, 0.15) is 11.5 Å². The SMILES string of the molecule is N[C@H]1CCCN(C(=O)c2cc(-c3ccc(F)cc3)n[nH]2)C1. The van der Waals surface area contributed by atoms with Crippen LogP contribution >= 0.6 is 0 Å². The van der Waals surface area contributed by atoms with Gasteiger partial charge in [0.05, 0.1) is 5.69 Å². The molecule has 1 atom stereocenters. The Bertz CT molecular complexity index is 637. The lowest BCUT2D eigenvalue weighted by Crippen LogP contribution is -2.45. The maximum absolute atomic E-state index is 12.9. The molecule has 0 spiro atoms. The van der Waals surface area contributed by atoms with E-state index in [9.17, 15) is 9.18 Å². The third-order valence-electron chi connectivity index (χ3n) is 3.69. The van der Waals surface area contributed by atoms with E-state index < -0.39 is 0 Å². The Morgan fingerprint density at radius 2 is 2.14 bits per heavy atom. The van der Waals surface area contributed by atoms with Crippen molar-refractivity contribution >= 4 is 5.91 Å². The number of nitrogens with zero attached hydrogens (tertiary/aromatic N) is 2. The minimum absolute atomic E-state index is 0.0437. The van der Waals surface area contributed by atoms with E-state index in [2.05, 4.69) is 10.2 Å². The number of amides is 1. The summed E-state index contributed by atoms with van der Waals surface area (Å²) in [6.45, 7) is 1.29. The van der Waals surface area contributed by atoms with Crippen molar-refractivity contribution in [2.75, 3.05) is 13.1 Å². The second kappa shape index (κ2) is 5.65. The highest BCUT2D eigenvalue weighted by Gasteiger charge is 2.23. The van der Waals surface area contributed by atoms with Gasteiger partial charge in [0.25, 0.3) is 5.91 Å². The van der Waals surface area contributed by atoms with Gasteiger partial charge >= 0.3 is 0 Å². The first kappa shape index (κ1) is 13.8. The standard InChI is InChI=1S/C15H17FN4O/c16-11-5-3-10(4-6-11)13-8-14(19-18-13)15(21)20-7-1-2-12(17)9-20/h3-6,8,12H,1-2,7,9,17H2,(H,18,19)/t12-/m0/s1. The molecule has 0 aliphatic carbocycles. The topological polar surface area (TPSA) is 75.0 Å². The highest BCUT2D eigenvalue weighted by atomic mass is 19.1. The average Bonchev–Trinajstić information content (AvgIpc) is 2.97. The number of aromatic nitrogens is 2. The Morgan fingerprint density at radius 3 is 2.86 bits per heavy atom. The summed E-state index contributed by atoms with van der Waals surface area (Å²) in [6, 6.07) is 7.75. The first-order valence-electron chi connectivity index (χ1n) is 6.99. The fraction of sp³-hybridized carbons (Fsp3) is 0.333. The zero-order valence-corrected chi connectivity index (χ0v) is 11.6. The van der Waals surface area contributed by atoms with E-state index in [4.69, 9.17) is 5.73 Å². The number of aromatic amines is 1. The minimum Gasteiger partial charge on any atom is -0.336 e. The third kappa shape index (κ3) is 2.95. The Kier molecular flexibility index (Phi) is 3.70. The van der Waals surface area contributed by atoms with Crippen LogP contribution in [0.4, 0.5) is 4.39 Å². The van der Waals surface area contributed by atoms with Gasteiger partial charge in [-0.15, -0.1) is 0 Å². The molecular formula is C15H17FN4O. The van der Waals surface area contributed by atoms with E-state index in [1.165, 1.54) is 12.1 Å². The fourth-order valence-electron chi connectivity index (χ4n) is 2.56. The van der Waals surface area contributed by atoms with Crippen LogP contribution in [0.2, 0.25) is 0 Å². The number of carbonyl (C=O) groups is 1. The van der Waals surface area contributed by atoms with E-state index in [1.807, 2.05) is 0 Å². The summed E-state index contributed by atoms with van der Waals surface area (Å²) in [5.41, 5.74) is 7.72. The van der Waals surface area contributed by atoms with E-state index in [0.717, 1.165) is 24.9 Å². The lowest BCUT2D eigenvalue weighted by Gasteiger charge is -2.30. The second-order valence-corrected chi connectivity index (χ2v) is 5.33. The molecule has 1 saturated heterocycles. The summed E-state index contributed by atoms with van der Waals surface area (Å²) in [5.74, 6) is -0.390. The highest BCUT2D eigenvalue weighted by molar-refractivity contribution is 5.93. The molecule has 110 valence electrons. The number of nitrogens with two attached hydrogens (primary N) is 1. The van der Waals surface area contributed by atoms with Crippen molar-refractivity contribution in [1.29, 1.82) is 0 Å². The van der Waals surface area contributed by atoms with E-state index >= 15 is 0 Å². The summed E-state index contributed by atoms with van der Waals surface area (Å²) in [6.07, 6.45) is 1.87. The normalized spacial score (nSPS) is 18.8. The largest absolute Gasteiger partial charge is 0.336 e. The van der Waals surface area contributed by atoms with Crippen molar-refractivity contribution in [2.24, 2.45) is 5.73 Å². The maximum atomic E-state index is 12.9. The number of hydrogen-bond acceptors (Lipinski definition) is 3. The van der Waals surface area contributed by atoms with Crippen molar-refractivity contribution < 1.29 is 9.18 Å². The summed E-state index contributed by atoms with van der Waals surface area (Å²) < 4.78 is 12.9. The molecule has 5 nitrogen and oxygen atoms in total. The number of carbonyl (C=O) groups excluding carboxylic acids is 1. The van der Waals surface area contributed by atoms with Gasteiger partial charge in [0, 0.05) is 24.7 Å². The van der Waals surface area contributed by atoms with Gasteiger partial charge in [0.15, 0.2) is 0 Å². The van der Waals surface area contributed by atoms with Gasteiger partial charge in [-0.1, -0.05) is 0 Å². The van der Waals surface area contributed by atoms with Crippen LogP contribution in [0.3, 0.4) is 0 Å². The van der Waals surface area contributed by atoms with Crippen molar-refractivity contribution in [3.05, 3.63) is 41.8 Å². The van der Waals surface area contributed by atoms with Crippen LogP contribution in [-0.2, 0) is 0 Å². The van der Waals surface area contributed by atoms with Crippen molar-refractivity contribution in [1.82, 2.24) is 15.1 Å². The number of rotatable bonds is 2. The quantitative estimate of drug-likeness (QED) is 0.884. The predicted molar refractivity (Wildman–Crippen MR) is 77.1 cm³/mol. The zero-order valence-electron chi connectivity index (χ0n) is 11.6. The first-order valence-corrected chi connectivity index (χ1v) is 6.99. The lowest BCUT2D eigenvalue weighted by molar-refractivity contribution is 0.0703. The Hall–Kier alpha value is -2.21. The van der Waals surface area contributed by atoms with E-state index in [0.29, 0.717) is 17.9 Å². The molecule has 2 aromatic rings. The zero-order chi connectivity index (χ0) is 14.8. The Balaban J connectivity index is 1.78. The van der Waals surface area contributed by atoms with Crippen LogP contribution < -0.4 is 5.73 Å². The van der Waals surface area contributed by atoms with Crippen LogP contribution in [0.15, 0.2) is 30.3 Å². The first-order chi connectivity index (χ1) is 10.1. The number of hydrogen-bond donors (Lipinski definition) is 2. The van der Waals surface area contributed by atoms with Gasteiger partial charge in [-0.3, -0.25) is 9.89 Å². The number of benzene rings is 1. The van der Waals surface area contributed by atoms with Crippen LogP contribution in [-0.4, -0.2) is 40.1 Å². The number of halogens is 1. The molecule has 0 unspecified atom stereocenters. The molecule has 1 aliphatic rings. The minimum atomic E-state index is -0.298. The molecule has 21 heavy (non-hydrogen) atoms. The van der Waals surface area contributed by atoms with Gasteiger partial charge in [-0.05, 0) is 43.2 Å². The van der Waals surface area contributed by atoms with Crippen LogP contribution in [0.1, 0.15) is 23.3 Å². The molecule has 1 aliphatic heterocycles. The van der Waals surface area contributed by atoms with E-state index in [-0.39, 0.29) is 17.8 Å². The molecule has 3 N–H and O–H groups in total. The van der Waals surface area contributed by atoms with Crippen LogP contribution in [0.25, 0.3) is 11.3 Å². The van der Waals surface area contributed by atoms with Gasteiger partial charge in [0.2, 0.25) is 0 Å². The van der Waals surface area contributed by atoms with Crippen LogP contribution in [0.5, 0.6) is 0 Å². The van der Waals surface area contributed by atoms with Crippen molar-refractivity contribution in [3.63, 3.8) is 0 Å². The smallest absolute Gasteiger partial charge is 0.271 e. The second-order valence-electron chi connectivity index (χ2n) is 5.33. The fourth-order valence-corrected chi connectivity index (χ4v) is 2.56. The molecule has 0 radical (unpaired) electrons. The molecule has 2 heterocycles. The molecule has 1 aromatic carbocycles. The average molecular weight is 288 g/mol. The van der Waals surface area contributed by atoms with Crippen molar-refractivity contribution in [3.8, 4) is 11.3 Å². The van der Waals surface area contributed by atoms with Crippen LogP contribution in [0, 0.1) is 5.82 Å². The predicted octanol–water partition coefficient (Wildman–Crippen LogP) is 1.78. The third-order valence-corrected chi connectivity index (χ3v) is 3.69. The Morgan fingerprint density at radius 1 is 1.38 bits per heavy atom. The maximum Gasteiger partial charge on any atom is 0.271 e. The van der Waals surface area contributed by atoms with Gasteiger partial charge in [-0.2, -0.15) is 5.10 Å². The molecule has 1 amide bonds. The highest BCUT2D eigenvalue weighted by Crippen LogP contribution is 2.19. The molecule has 1 fully saturated rings. The van der Waals surface area contributed by atoms with E-state index in [1.54, 1.807) is 23.1 Å². The summed E-state index contributed by atoms with van der Waals surface area (Å²) in [7, 11) is 0. The summed E-state index contributed by atoms with van der Waals surface area (Å²) >= 11 is 0. The molecule has 1 aromatic heterocycles. The molecule has 3 rings (SSSR count). The lowest BCUT2D eigenvalue weighted by atomic mass is 10.1. The molecule has 0 bridgehead atoms. The number of piperidine rings is 1. The number of nitrogens with one attached hydrogen (secondary N) is 1. The van der Waals surface area contributed by atoms with Crippen molar-refractivity contribution in [2.45, 2.75) is 18.9 Å². The monoisotopic (exact) mass is 288 g/mol. The van der Waals surface area contributed by atoms with Gasteiger partial charge in [-0.25, -0.2) is 4.39 Å². The van der Waals surface area contributed by atoms with Gasteiger partial charge < -0.3 is 10.6 Å². The number of likely N-dealkylation sites (tertiary alicyclic amines) is 1. The molecular weight excluding hydrogens is 271 g/mol. The Labute approximate surface area is 121 Å². The summed E-state index contributed by atoms with van der Waals surface area (Å²) in [5, 5.41) is 6.88. The number of H-pyrrole nitrogens is 1. The molecule has 6 heteroatoms. The summed E-state index contributed by atoms with van der Waals surface area (Å²) in [4.78, 5) is 14.1. The molecule has 0 saturated carbocycles.